The molecule has 4 N–H and O–H groups in total. The zero-order chi connectivity index (χ0) is 12.8. The van der Waals surface area contributed by atoms with Crippen molar-refractivity contribution < 1.29 is 10.2 Å². The van der Waals surface area contributed by atoms with E-state index in [0.717, 1.165) is 51.4 Å². The average molecular weight is 255 g/mol. The minimum Gasteiger partial charge on any atom is -0.328 e. The second-order valence-corrected chi connectivity index (χ2v) is 5.69. The van der Waals surface area contributed by atoms with Crippen molar-refractivity contribution in [3.8, 4) is 0 Å². The van der Waals surface area contributed by atoms with Gasteiger partial charge in [0.05, 0.1) is 0 Å². The van der Waals surface area contributed by atoms with E-state index < -0.39 is 0 Å². The quantitative estimate of drug-likeness (QED) is 0.407. The number of aliphatic imine (C=N–C) groups is 1. The van der Waals surface area contributed by atoms with Crippen molar-refractivity contribution in [3.05, 3.63) is 0 Å². The molecule has 0 aromatic heterocycles. The van der Waals surface area contributed by atoms with E-state index in [2.05, 4.69) is 16.7 Å². The standard InChI is InChI=1S/C13H25N3O2/c14-11-3-7-12(8-4-11)15-9-10-1-5-13(6-2-10)16-18-17/h9-13,16-17H,1-8,14H2. The normalized spacial score (nSPS) is 38.1. The Hall–Kier alpha value is -0.490. The molecule has 0 spiro atoms. The summed E-state index contributed by atoms with van der Waals surface area (Å²) in [6.07, 6.45) is 11.0. The molecule has 0 bridgehead atoms. The van der Waals surface area contributed by atoms with Gasteiger partial charge in [-0.25, -0.2) is 5.26 Å². The molecule has 0 heterocycles. The van der Waals surface area contributed by atoms with Crippen LogP contribution in [0.4, 0.5) is 0 Å². The Labute approximate surface area is 109 Å². The summed E-state index contributed by atoms with van der Waals surface area (Å²) in [6, 6.07) is 1.19. The van der Waals surface area contributed by atoms with Crippen molar-refractivity contribution in [2.45, 2.75) is 69.5 Å². The molecule has 5 heteroatoms. The molecule has 0 aliphatic heterocycles. The Balaban J connectivity index is 1.67. The van der Waals surface area contributed by atoms with E-state index in [4.69, 9.17) is 16.0 Å². The maximum absolute atomic E-state index is 8.33. The molecule has 18 heavy (non-hydrogen) atoms. The maximum atomic E-state index is 8.33. The number of hydrogen-bond donors (Lipinski definition) is 3. The molecule has 2 rings (SSSR count). The van der Waals surface area contributed by atoms with Crippen molar-refractivity contribution in [3.63, 3.8) is 0 Å². The van der Waals surface area contributed by atoms with Crippen LogP contribution in [0.15, 0.2) is 4.99 Å². The van der Waals surface area contributed by atoms with Crippen LogP contribution >= 0.6 is 0 Å². The van der Waals surface area contributed by atoms with Crippen molar-refractivity contribution in [1.82, 2.24) is 5.48 Å². The third-order valence-electron chi connectivity index (χ3n) is 4.24. The van der Waals surface area contributed by atoms with Crippen molar-refractivity contribution >= 4 is 6.21 Å². The van der Waals surface area contributed by atoms with Crippen LogP contribution in [0, 0.1) is 5.92 Å². The van der Waals surface area contributed by atoms with Gasteiger partial charge in [-0.2, -0.15) is 5.48 Å². The lowest BCUT2D eigenvalue weighted by Crippen LogP contribution is -2.33. The highest BCUT2D eigenvalue weighted by Gasteiger charge is 2.21. The first-order valence-corrected chi connectivity index (χ1v) is 7.12. The van der Waals surface area contributed by atoms with Crippen LogP contribution in [0.3, 0.4) is 0 Å². The molecule has 2 saturated carbocycles. The van der Waals surface area contributed by atoms with Crippen LogP contribution in [0.1, 0.15) is 51.4 Å². The van der Waals surface area contributed by atoms with Crippen LogP contribution in [-0.2, 0) is 4.99 Å². The Morgan fingerprint density at radius 1 is 1.06 bits per heavy atom. The van der Waals surface area contributed by atoms with Crippen LogP contribution in [0.2, 0.25) is 0 Å². The number of hydrogen-bond acceptors (Lipinski definition) is 5. The monoisotopic (exact) mass is 255 g/mol. The van der Waals surface area contributed by atoms with Gasteiger partial charge in [-0.3, -0.25) is 4.99 Å². The van der Waals surface area contributed by atoms with E-state index >= 15 is 0 Å². The van der Waals surface area contributed by atoms with E-state index in [1.165, 1.54) is 0 Å². The Bertz CT molecular complexity index is 257. The van der Waals surface area contributed by atoms with Crippen molar-refractivity contribution in [2.24, 2.45) is 16.6 Å². The minimum atomic E-state index is 0.285. The van der Waals surface area contributed by atoms with Gasteiger partial charge in [0.1, 0.15) is 0 Å². The molecule has 0 radical (unpaired) electrons. The van der Waals surface area contributed by atoms with Crippen molar-refractivity contribution in [1.29, 1.82) is 0 Å². The predicted octanol–water partition coefficient (Wildman–Crippen LogP) is 1.88. The Kier molecular flexibility index (Phi) is 5.56. The molecule has 0 unspecified atom stereocenters. The highest BCUT2D eigenvalue weighted by atomic mass is 17.2. The first kappa shape index (κ1) is 13.9. The van der Waals surface area contributed by atoms with Gasteiger partial charge in [-0.15, -0.1) is 4.99 Å². The second kappa shape index (κ2) is 7.19. The van der Waals surface area contributed by atoms with Gasteiger partial charge in [0.15, 0.2) is 0 Å². The highest BCUT2D eigenvalue weighted by molar-refractivity contribution is 5.61. The zero-order valence-corrected chi connectivity index (χ0v) is 10.9. The fourth-order valence-corrected chi connectivity index (χ4v) is 2.95. The number of rotatable bonds is 4. The fourth-order valence-electron chi connectivity index (χ4n) is 2.95. The predicted molar refractivity (Wildman–Crippen MR) is 71.3 cm³/mol. The molecule has 0 aromatic carbocycles. The summed E-state index contributed by atoms with van der Waals surface area (Å²) >= 11 is 0. The van der Waals surface area contributed by atoms with Gasteiger partial charge in [-0.05, 0) is 57.3 Å². The number of hydroxylamine groups is 1. The summed E-state index contributed by atoms with van der Waals surface area (Å²) in [7, 11) is 0. The maximum Gasteiger partial charge on any atom is 0.0497 e. The molecule has 2 aliphatic carbocycles. The SMILES string of the molecule is NC1CCC(N=CC2CCC(NOO)CC2)CC1. The summed E-state index contributed by atoms with van der Waals surface area (Å²) in [5, 5.41) is 8.33. The second-order valence-electron chi connectivity index (χ2n) is 5.69. The zero-order valence-electron chi connectivity index (χ0n) is 10.9. The Morgan fingerprint density at radius 3 is 2.33 bits per heavy atom. The smallest absolute Gasteiger partial charge is 0.0497 e. The summed E-state index contributed by atoms with van der Waals surface area (Å²) in [4.78, 5) is 8.72. The lowest BCUT2D eigenvalue weighted by molar-refractivity contribution is -0.300. The molecule has 104 valence electrons. The molecule has 0 saturated heterocycles. The lowest BCUT2D eigenvalue weighted by Gasteiger charge is -2.27. The van der Waals surface area contributed by atoms with Gasteiger partial charge in [-0.1, -0.05) is 0 Å². The largest absolute Gasteiger partial charge is 0.328 e. The van der Waals surface area contributed by atoms with E-state index in [9.17, 15) is 0 Å². The molecular formula is C13H25N3O2. The molecule has 2 fully saturated rings. The first-order valence-electron chi connectivity index (χ1n) is 7.12. The van der Waals surface area contributed by atoms with Gasteiger partial charge in [0, 0.05) is 24.3 Å². The van der Waals surface area contributed by atoms with Crippen LogP contribution < -0.4 is 11.2 Å². The third-order valence-corrected chi connectivity index (χ3v) is 4.24. The molecule has 5 nitrogen and oxygen atoms in total. The fraction of sp³-hybridized carbons (Fsp3) is 0.923. The summed E-state index contributed by atoms with van der Waals surface area (Å²) in [5.74, 6) is 0.595. The van der Waals surface area contributed by atoms with Crippen LogP contribution in [0.5, 0.6) is 0 Å². The van der Waals surface area contributed by atoms with E-state index in [-0.39, 0.29) is 6.04 Å². The lowest BCUT2D eigenvalue weighted by atomic mass is 9.87. The molecule has 0 aromatic rings. The number of nitrogens with one attached hydrogen (secondary N) is 1. The number of nitrogens with two attached hydrogens (primary N) is 1. The first-order chi connectivity index (χ1) is 8.78. The van der Waals surface area contributed by atoms with Crippen LogP contribution in [0.25, 0.3) is 0 Å². The van der Waals surface area contributed by atoms with E-state index in [0.29, 0.717) is 18.0 Å². The van der Waals surface area contributed by atoms with E-state index in [1.807, 2.05) is 0 Å². The van der Waals surface area contributed by atoms with Gasteiger partial charge in [0.2, 0.25) is 0 Å². The van der Waals surface area contributed by atoms with Gasteiger partial charge < -0.3 is 5.73 Å². The summed E-state index contributed by atoms with van der Waals surface area (Å²) in [6.45, 7) is 0. The highest BCUT2D eigenvalue weighted by Crippen LogP contribution is 2.24. The molecule has 0 amide bonds. The third kappa shape index (κ3) is 4.31. The van der Waals surface area contributed by atoms with Gasteiger partial charge >= 0.3 is 0 Å². The summed E-state index contributed by atoms with van der Waals surface area (Å²) in [5.41, 5.74) is 8.50. The summed E-state index contributed by atoms with van der Waals surface area (Å²) < 4.78 is 0. The van der Waals surface area contributed by atoms with E-state index in [1.54, 1.807) is 0 Å². The molecule has 0 atom stereocenters. The van der Waals surface area contributed by atoms with Gasteiger partial charge in [0.25, 0.3) is 0 Å². The minimum absolute atomic E-state index is 0.285. The average Bonchev–Trinajstić information content (AvgIpc) is 2.40. The Morgan fingerprint density at radius 2 is 1.72 bits per heavy atom. The topological polar surface area (TPSA) is 79.9 Å². The molecular weight excluding hydrogens is 230 g/mol. The van der Waals surface area contributed by atoms with Crippen molar-refractivity contribution in [2.75, 3.05) is 0 Å². The number of nitrogens with zero attached hydrogens (tertiary/aromatic N) is 1. The van der Waals surface area contributed by atoms with Crippen LogP contribution in [-0.4, -0.2) is 29.6 Å². The molecule has 2 aliphatic rings.